The van der Waals surface area contributed by atoms with Crippen LogP contribution in [0.2, 0.25) is 0 Å². The van der Waals surface area contributed by atoms with E-state index in [0.717, 1.165) is 6.04 Å². The Balaban J connectivity index is 1.81. The molecule has 1 aliphatic heterocycles. The summed E-state index contributed by atoms with van der Waals surface area (Å²) in [6.45, 7) is 1.20. The third kappa shape index (κ3) is 2.93. The molecule has 0 radical (unpaired) electrons. The van der Waals surface area contributed by atoms with E-state index in [1.54, 1.807) is 0 Å². The molecule has 0 aromatic heterocycles. The van der Waals surface area contributed by atoms with Crippen LogP contribution in [-0.2, 0) is 0 Å². The highest BCUT2D eigenvalue weighted by Gasteiger charge is 2.36. The van der Waals surface area contributed by atoms with Crippen molar-refractivity contribution in [3.8, 4) is 0 Å². The fourth-order valence-corrected chi connectivity index (χ4v) is 4.16. The van der Waals surface area contributed by atoms with Crippen molar-refractivity contribution in [1.29, 1.82) is 0 Å². The average Bonchev–Trinajstić information content (AvgIpc) is 2.78. The molecule has 1 heterocycles. The van der Waals surface area contributed by atoms with E-state index in [9.17, 15) is 0 Å². The third-order valence-corrected chi connectivity index (χ3v) is 5.47. The highest BCUT2D eigenvalue weighted by Crippen LogP contribution is 2.33. The van der Waals surface area contributed by atoms with Crippen LogP contribution in [-0.4, -0.2) is 48.6 Å². The van der Waals surface area contributed by atoms with Gasteiger partial charge in [0.15, 0.2) is 0 Å². The second-order valence-electron chi connectivity index (χ2n) is 5.59. The van der Waals surface area contributed by atoms with E-state index in [2.05, 4.69) is 36.1 Å². The maximum Gasteiger partial charge on any atom is 0.0327 e. The normalized spacial score (nSPS) is 26.4. The quantitative estimate of drug-likeness (QED) is 0.815. The van der Waals surface area contributed by atoms with E-state index in [4.69, 9.17) is 0 Å². The smallest absolute Gasteiger partial charge is 0.0327 e. The summed E-state index contributed by atoms with van der Waals surface area (Å²) in [5, 5.41) is 3.83. The summed E-state index contributed by atoms with van der Waals surface area (Å²) in [6.07, 6.45) is 8.34. The van der Waals surface area contributed by atoms with Gasteiger partial charge in [0.1, 0.15) is 0 Å². The van der Waals surface area contributed by atoms with Gasteiger partial charge in [-0.2, -0.15) is 11.8 Å². The molecule has 2 rings (SSSR count). The molecule has 0 unspecified atom stereocenters. The highest BCUT2D eigenvalue weighted by molar-refractivity contribution is 7.99. The lowest BCUT2D eigenvalue weighted by Crippen LogP contribution is -2.52. The number of likely N-dealkylation sites (N-methyl/N-ethyl adjacent to an activating group) is 1. The molecule has 2 aliphatic rings. The molecule has 0 bridgehead atoms. The summed E-state index contributed by atoms with van der Waals surface area (Å²) in [7, 11) is 4.51. The molecular formula is C13H26N2S. The van der Waals surface area contributed by atoms with Crippen LogP contribution < -0.4 is 5.32 Å². The van der Waals surface area contributed by atoms with E-state index in [-0.39, 0.29) is 0 Å². The van der Waals surface area contributed by atoms with Gasteiger partial charge >= 0.3 is 0 Å². The first-order valence-corrected chi connectivity index (χ1v) is 7.87. The summed E-state index contributed by atoms with van der Waals surface area (Å²) in [6, 6.07) is 0.790. The Hall–Kier alpha value is 0.270. The molecule has 0 aromatic rings. The van der Waals surface area contributed by atoms with Crippen molar-refractivity contribution in [2.24, 2.45) is 0 Å². The fraction of sp³-hybridized carbons (Fsp3) is 1.00. The second-order valence-corrected chi connectivity index (χ2v) is 6.82. The number of thioether (sulfide) groups is 1. The molecule has 1 aliphatic carbocycles. The van der Waals surface area contributed by atoms with Gasteiger partial charge in [-0.15, -0.1) is 0 Å². The zero-order valence-corrected chi connectivity index (χ0v) is 11.6. The monoisotopic (exact) mass is 242 g/mol. The maximum absolute atomic E-state index is 3.83. The second kappa shape index (κ2) is 5.74. The van der Waals surface area contributed by atoms with Crippen molar-refractivity contribution in [2.75, 3.05) is 32.1 Å². The molecular weight excluding hydrogens is 216 g/mol. The first kappa shape index (κ1) is 12.7. The zero-order chi connectivity index (χ0) is 11.4. The van der Waals surface area contributed by atoms with Crippen LogP contribution in [0, 0.1) is 0 Å². The van der Waals surface area contributed by atoms with Gasteiger partial charge in [0, 0.05) is 18.1 Å². The van der Waals surface area contributed by atoms with Crippen molar-refractivity contribution < 1.29 is 0 Å². The van der Waals surface area contributed by atoms with Crippen molar-refractivity contribution in [3.63, 3.8) is 0 Å². The first-order valence-electron chi connectivity index (χ1n) is 6.71. The van der Waals surface area contributed by atoms with Gasteiger partial charge < -0.3 is 10.2 Å². The van der Waals surface area contributed by atoms with Crippen LogP contribution in [0.4, 0.5) is 0 Å². The zero-order valence-electron chi connectivity index (χ0n) is 10.8. The number of rotatable bonds is 4. The van der Waals surface area contributed by atoms with Gasteiger partial charge in [0.2, 0.25) is 0 Å². The van der Waals surface area contributed by atoms with Crippen LogP contribution in [0.25, 0.3) is 0 Å². The van der Waals surface area contributed by atoms with Crippen LogP contribution >= 0.6 is 11.8 Å². The standard InChI is InChI=1S/C13H26N2S/c1-15(2)13(7-3-4-8-13)11-14-12-5-9-16-10-6-12/h12,14H,3-11H2,1-2H3. The summed E-state index contributed by atoms with van der Waals surface area (Å²) < 4.78 is 0. The van der Waals surface area contributed by atoms with Crippen molar-refractivity contribution in [2.45, 2.75) is 50.1 Å². The predicted molar refractivity (Wildman–Crippen MR) is 73.2 cm³/mol. The summed E-state index contributed by atoms with van der Waals surface area (Å²) in [5.74, 6) is 2.71. The SMILES string of the molecule is CN(C)C1(CNC2CCSCC2)CCCC1. The molecule has 2 fully saturated rings. The molecule has 16 heavy (non-hydrogen) atoms. The minimum Gasteiger partial charge on any atom is -0.312 e. The topological polar surface area (TPSA) is 15.3 Å². The van der Waals surface area contributed by atoms with Crippen LogP contribution in [0.5, 0.6) is 0 Å². The maximum atomic E-state index is 3.83. The Morgan fingerprint density at radius 3 is 2.38 bits per heavy atom. The molecule has 3 heteroatoms. The highest BCUT2D eigenvalue weighted by atomic mass is 32.2. The summed E-state index contributed by atoms with van der Waals surface area (Å²) in [4.78, 5) is 2.46. The van der Waals surface area contributed by atoms with Gasteiger partial charge in [0.05, 0.1) is 0 Å². The molecule has 0 spiro atoms. The third-order valence-electron chi connectivity index (χ3n) is 4.42. The Kier molecular flexibility index (Phi) is 4.57. The Bertz CT molecular complexity index is 206. The molecule has 0 aromatic carbocycles. The van der Waals surface area contributed by atoms with E-state index in [0.29, 0.717) is 5.54 Å². The molecule has 1 saturated heterocycles. The number of hydrogen-bond donors (Lipinski definition) is 1. The number of hydrogen-bond acceptors (Lipinski definition) is 3. The molecule has 1 N–H and O–H groups in total. The number of nitrogens with zero attached hydrogens (tertiary/aromatic N) is 1. The van der Waals surface area contributed by atoms with E-state index >= 15 is 0 Å². The van der Waals surface area contributed by atoms with Gasteiger partial charge in [-0.25, -0.2) is 0 Å². The van der Waals surface area contributed by atoms with Crippen LogP contribution in [0.15, 0.2) is 0 Å². The Morgan fingerprint density at radius 1 is 1.19 bits per heavy atom. The summed E-state index contributed by atoms with van der Waals surface area (Å²) in [5.41, 5.74) is 0.463. The molecule has 2 nitrogen and oxygen atoms in total. The lowest BCUT2D eigenvalue weighted by Gasteiger charge is -2.38. The minimum atomic E-state index is 0.463. The van der Waals surface area contributed by atoms with Gasteiger partial charge in [-0.05, 0) is 51.3 Å². The van der Waals surface area contributed by atoms with E-state index < -0.39 is 0 Å². The molecule has 0 amide bonds. The Morgan fingerprint density at radius 2 is 1.81 bits per heavy atom. The largest absolute Gasteiger partial charge is 0.312 e. The van der Waals surface area contributed by atoms with Gasteiger partial charge in [-0.3, -0.25) is 0 Å². The molecule has 94 valence electrons. The lowest BCUT2D eigenvalue weighted by atomic mass is 9.95. The fourth-order valence-electron chi connectivity index (χ4n) is 3.05. The summed E-state index contributed by atoms with van der Waals surface area (Å²) >= 11 is 2.11. The van der Waals surface area contributed by atoms with Crippen LogP contribution in [0.3, 0.4) is 0 Å². The number of nitrogens with one attached hydrogen (secondary N) is 1. The van der Waals surface area contributed by atoms with E-state index in [1.165, 1.54) is 56.6 Å². The Labute approximate surface area is 105 Å². The van der Waals surface area contributed by atoms with Crippen molar-refractivity contribution >= 4 is 11.8 Å². The minimum absolute atomic E-state index is 0.463. The van der Waals surface area contributed by atoms with Gasteiger partial charge in [-0.1, -0.05) is 12.8 Å². The van der Waals surface area contributed by atoms with Crippen LogP contribution in [0.1, 0.15) is 38.5 Å². The lowest BCUT2D eigenvalue weighted by molar-refractivity contribution is 0.148. The predicted octanol–water partition coefficient (Wildman–Crippen LogP) is 2.35. The van der Waals surface area contributed by atoms with Gasteiger partial charge in [0.25, 0.3) is 0 Å². The molecule has 1 saturated carbocycles. The van der Waals surface area contributed by atoms with Crippen molar-refractivity contribution in [3.05, 3.63) is 0 Å². The van der Waals surface area contributed by atoms with Crippen molar-refractivity contribution in [1.82, 2.24) is 10.2 Å². The average molecular weight is 242 g/mol. The first-order chi connectivity index (χ1) is 7.73. The van der Waals surface area contributed by atoms with E-state index in [1.807, 2.05) is 0 Å². The molecule has 0 atom stereocenters.